The van der Waals surface area contributed by atoms with E-state index in [1.807, 2.05) is 30.3 Å². The van der Waals surface area contributed by atoms with Crippen molar-refractivity contribution in [3.63, 3.8) is 0 Å². The molecule has 13 nitrogen and oxygen atoms in total. The first kappa shape index (κ1) is 32.5. The van der Waals surface area contributed by atoms with Crippen LogP contribution in [0.2, 0.25) is 0 Å². The number of amides is 2. The number of carbonyl (C=O) groups is 5. The molecule has 1 heterocycles. The SMILES string of the molecule is CC(=O)N[C@H]1[C@H](OCCCCCNC(=O)OCc2ccccc2)O[C@H](COC(C)=O)[C@H](OC(C)=O)[C@@H]1OC(C)=O. The lowest BCUT2D eigenvalue weighted by Crippen LogP contribution is -2.66. The van der Waals surface area contributed by atoms with Crippen molar-refractivity contribution < 1.29 is 52.4 Å². The van der Waals surface area contributed by atoms with E-state index in [4.69, 9.17) is 28.4 Å². The minimum absolute atomic E-state index is 0.183. The summed E-state index contributed by atoms with van der Waals surface area (Å²) >= 11 is 0. The van der Waals surface area contributed by atoms with Crippen LogP contribution in [0.5, 0.6) is 0 Å². The van der Waals surface area contributed by atoms with Crippen molar-refractivity contribution in [1.82, 2.24) is 10.6 Å². The number of rotatable bonds is 14. The molecule has 1 saturated heterocycles. The first-order chi connectivity index (χ1) is 19.1. The number of alkyl carbamates (subject to hydrolysis) is 1. The van der Waals surface area contributed by atoms with E-state index in [0.29, 0.717) is 25.8 Å². The average Bonchev–Trinajstić information content (AvgIpc) is 2.88. The zero-order valence-electron chi connectivity index (χ0n) is 23.2. The van der Waals surface area contributed by atoms with Gasteiger partial charge in [-0.2, -0.15) is 0 Å². The van der Waals surface area contributed by atoms with E-state index in [9.17, 15) is 24.0 Å². The lowest BCUT2D eigenvalue weighted by molar-refractivity contribution is -0.277. The molecule has 1 aromatic carbocycles. The summed E-state index contributed by atoms with van der Waals surface area (Å²) in [6.45, 7) is 5.31. The zero-order valence-corrected chi connectivity index (χ0v) is 23.2. The summed E-state index contributed by atoms with van der Waals surface area (Å²) in [6, 6.07) is 8.33. The summed E-state index contributed by atoms with van der Waals surface area (Å²) < 4.78 is 32.9. The van der Waals surface area contributed by atoms with Crippen molar-refractivity contribution in [2.24, 2.45) is 0 Å². The second-order valence-electron chi connectivity index (χ2n) is 9.14. The highest BCUT2D eigenvalue weighted by Crippen LogP contribution is 2.28. The van der Waals surface area contributed by atoms with Crippen molar-refractivity contribution in [2.45, 2.75) is 84.2 Å². The van der Waals surface area contributed by atoms with Crippen LogP contribution in [0.1, 0.15) is 52.5 Å². The quantitative estimate of drug-likeness (QED) is 0.191. The largest absolute Gasteiger partial charge is 0.463 e. The minimum atomic E-state index is -1.18. The molecular weight excluding hydrogens is 528 g/mol. The second-order valence-corrected chi connectivity index (χ2v) is 9.14. The summed E-state index contributed by atoms with van der Waals surface area (Å²) in [7, 11) is 0. The van der Waals surface area contributed by atoms with E-state index in [2.05, 4.69) is 10.6 Å². The molecule has 0 aliphatic carbocycles. The maximum absolute atomic E-state index is 12.0. The van der Waals surface area contributed by atoms with Gasteiger partial charge >= 0.3 is 24.0 Å². The number of hydrogen-bond acceptors (Lipinski definition) is 11. The summed E-state index contributed by atoms with van der Waals surface area (Å²) in [5, 5.41) is 5.34. The highest BCUT2D eigenvalue weighted by molar-refractivity contribution is 5.73. The molecule has 0 bridgehead atoms. The van der Waals surface area contributed by atoms with Gasteiger partial charge < -0.3 is 39.1 Å². The van der Waals surface area contributed by atoms with Crippen LogP contribution in [-0.4, -0.2) is 80.3 Å². The third kappa shape index (κ3) is 12.0. The fourth-order valence-corrected chi connectivity index (χ4v) is 4.00. The summed E-state index contributed by atoms with van der Waals surface area (Å²) in [5.74, 6) is -2.41. The first-order valence-corrected chi connectivity index (χ1v) is 13.0. The van der Waals surface area contributed by atoms with Crippen LogP contribution in [0.15, 0.2) is 30.3 Å². The Morgan fingerprint density at radius 2 is 1.50 bits per heavy atom. The van der Waals surface area contributed by atoms with E-state index in [1.165, 1.54) is 27.7 Å². The Kier molecular flexibility index (Phi) is 13.9. The first-order valence-electron chi connectivity index (χ1n) is 13.0. The van der Waals surface area contributed by atoms with Crippen molar-refractivity contribution in [3.8, 4) is 0 Å². The van der Waals surface area contributed by atoms with E-state index >= 15 is 0 Å². The zero-order chi connectivity index (χ0) is 29.5. The summed E-state index contributed by atoms with van der Waals surface area (Å²) in [6.07, 6.45) is -3.06. The summed E-state index contributed by atoms with van der Waals surface area (Å²) in [4.78, 5) is 58.9. The van der Waals surface area contributed by atoms with Crippen molar-refractivity contribution in [3.05, 3.63) is 35.9 Å². The van der Waals surface area contributed by atoms with Gasteiger partial charge in [0, 0.05) is 40.8 Å². The maximum Gasteiger partial charge on any atom is 0.407 e. The molecule has 2 N–H and O–H groups in total. The van der Waals surface area contributed by atoms with Crippen LogP contribution in [0.25, 0.3) is 0 Å². The molecule has 2 rings (SSSR count). The van der Waals surface area contributed by atoms with E-state index in [1.54, 1.807) is 0 Å². The molecule has 13 heteroatoms. The smallest absolute Gasteiger partial charge is 0.407 e. The van der Waals surface area contributed by atoms with Gasteiger partial charge in [0.25, 0.3) is 0 Å². The van der Waals surface area contributed by atoms with E-state index < -0.39 is 60.6 Å². The van der Waals surface area contributed by atoms with Gasteiger partial charge in [0.15, 0.2) is 18.5 Å². The van der Waals surface area contributed by atoms with Crippen LogP contribution >= 0.6 is 0 Å². The molecule has 222 valence electrons. The molecule has 5 atom stereocenters. The fourth-order valence-electron chi connectivity index (χ4n) is 4.00. The Bertz CT molecular complexity index is 988. The van der Waals surface area contributed by atoms with E-state index in [-0.39, 0.29) is 19.8 Å². The van der Waals surface area contributed by atoms with Gasteiger partial charge in [0.05, 0.1) is 0 Å². The Labute approximate surface area is 233 Å². The van der Waals surface area contributed by atoms with Gasteiger partial charge in [-0.3, -0.25) is 19.2 Å². The molecule has 1 aliphatic heterocycles. The van der Waals surface area contributed by atoms with Gasteiger partial charge in [-0.1, -0.05) is 30.3 Å². The number of carbonyl (C=O) groups excluding carboxylic acids is 5. The van der Waals surface area contributed by atoms with Gasteiger partial charge in [0.2, 0.25) is 5.91 Å². The molecule has 1 aromatic rings. The standard InChI is InChI=1S/C27H38N2O11/c1-17(30)29-23-25(39-20(4)33)24(38-19(3)32)22(16-36-18(2)31)40-26(23)35-14-10-6-9-13-28-27(34)37-15-21-11-7-5-8-12-21/h5,7-8,11-12,22-26H,6,9-10,13-16H2,1-4H3,(H,28,34)(H,29,30)/t22-,23-,24+,25-,26-/m1/s1. The normalized spacial score (nSPS) is 21.9. The Hall–Kier alpha value is -3.71. The van der Waals surface area contributed by atoms with Crippen LogP contribution in [0, 0.1) is 0 Å². The molecule has 0 radical (unpaired) electrons. The molecule has 40 heavy (non-hydrogen) atoms. The van der Waals surface area contributed by atoms with Gasteiger partial charge in [-0.15, -0.1) is 0 Å². The molecule has 0 spiro atoms. The number of ether oxygens (including phenoxy) is 6. The Morgan fingerprint density at radius 1 is 0.825 bits per heavy atom. The van der Waals surface area contributed by atoms with Crippen LogP contribution in [-0.2, 0) is 54.2 Å². The third-order valence-electron chi connectivity index (χ3n) is 5.66. The number of hydrogen-bond donors (Lipinski definition) is 2. The second kappa shape index (κ2) is 17.1. The predicted octanol–water partition coefficient (Wildman–Crippen LogP) is 1.76. The van der Waals surface area contributed by atoms with Crippen LogP contribution in [0.3, 0.4) is 0 Å². The van der Waals surface area contributed by atoms with E-state index in [0.717, 1.165) is 5.56 Å². The lowest BCUT2D eigenvalue weighted by Gasteiger charge is -2.44. The maximum atomic E-state index is 12.0. The predicted molar refractivity (Wildman–Crippen MR) is 138 cm³/mol. The summed E-state index contributed by atoms with van der Waals surface area (Å²) in [5.41, 5.74) is 0.891. The van der Waals surface area contributed by atoms with Crippen molar-refractivity contribution in [1.29, 1.82) is 0 Å². The van der Waals surface area contributed by atoms with Crippen LogP contribution < -0.4 is 10.6 Å². The number of benzene rings is 1. The molecule has 0 unspecified atom stereocenters. The molecule has 0 aromatic heterocycles. The minimum Gasteiger partial charge on any atom is -0.463 e. The van der Waals surface area contributed by atoms with Crippen molar-refractivity contribution in [2.75, 3.05) is 19.8 Å². The molecular formula is C27H38N2O11. The van der Waals surface area contributed by atoms with Gasteiger partial charge in [-0.05, 0) is 24.8 Å². The molecule has 0 saturated carbocycles. The van der Waals surface area contributed by atoms with Crippen molar-refractivity contribution >= 4 is 29.9 Å². The van der Waals surface area contributed by atoms with Crippen LogP contribution in [0.4, 0.5) is 4.79 Å². The Balaban J connectivity index is 1.91. The topological polar surface area (TPSA) is 165 Å². The van der Waals surface area contributed by atoms with Gasteiger partial charge in [0.1, 0.15) is 25.4 Å². The number of nitrogens with one attached hydrogen (secondary N) is 2. The fraction of sp³-hybridized carbons (Fsp3) is 0.593. The monoisotopic (exact) mass is 566 g/mol. The number of esters is 3. The number of unbranched alkanes of at least 4 members (excludes halogenated alkanes) is 2. The third-order valence-corrected chi connectivity index (χ3v) is 5.66. The highest BCUT2D eigenvalue weighted by Gasteiger charge is 2.51. The molecule has 2 amide bonds. The molecule has 1 aliphatic rings. The average molecular weight is 567 g/mol. The van der Waals surface area contributed by atoms with Gasteiger partial charge in [-0.25, -0.2) is 4.79 Å². The Morgan fingerprint density at radius 3 is 2.12 bits per heavy atom. The lowest BCUT2D eigenvalue weighted by atomic mass is 9.96. The molecule has 1 fully saturated rings. The highest BCUT2D eigenvalue weighted by atomic mass is 16.7.